The van der Waals surface area contributed by atoms with E-state index in [4.69, 9.17) is 27.6 Å². The minimum atomic E-state index is -0.343. The number of thiophene rings is 1. The fraction of sp³-hybridized carbons (Fsp3) is 0. The highest BCUT2D eigenvalue weighted by atomic mass is 35.5. The average Bonchev–Trinajstić information content (AvgIpc) is 3.42. The highest BCUT2D eigenvalue weighted by Crippen LogP contribution is 2.39. The van der Waals surface area contributed by atoms with Crippen LogP contribution in [0.5, 0.6) is 0 Å². The van der Waals surface area contributed by atoms with Crippen LogP contribution in [-0.4, -0.2) is 11.6 Å². The molecule has 0 saturated carbocycles. The molecule has 0 radical (unpaired) electrons. The van der Waals surface area contributed by atoms with E-state index in [0.29, 0.717) is 5.58 Å². The lowest BCUT2D eigenvalue weighted by Gasteiger charge is -2.03. The number of carbonyl (C=O) groups excluding carboxylic acids is 2. The zero-order chi connectivity index (χ0) is 22.0. The van der Waals surface area contributed by atoms with Gasteiger partial charge in [0.1, 0.15) is 11.3 Å². The summed E-state index contributed by atoms with van der Waals surface area (Å²) < 4.78 is 7.08. The van der Waals surface area contributed by atoms with Gasteiger partial charge in [0, 0.05) is 27.6 Å². The molecular weight excluding hydrogens is 463 g/mol. The summed E-state index contributed by atoms with van der Waals surface area (Å²) in [4.78, 5) is 26.3. The number of halogens is 2. The first-order valence-electron chi connectivity index (χ1n) is 9.81. The Labute approximate surface area is 196 Å². The molecule has 3 aromatic carbocycles. The maximum Gasteiger partial charge on any atom is 0.197 e. The van der Waals surface area contributed by atoms with E-state index in [1.54, 1.807) is 6.08 Å². The molecule has 6 heteroatoms. The van der Waals surface area contributed by atoms with E-state index in [1.165, 1.54) is 23.5 Å². The second kappa shape index (κ2) is 7.17. The topological polar surface area (TPSA) is 47.3 Å². The number of fused-ring (bicyclic) bond motifs is 3. The van der Waals surface area contributed by atoms with Crippen LogP contribution in [0.2, 0.25) is 10.0 Å². The smallest absolute Gasteiger partial charge is 0.197 e. The zero-order valence-corrected chi connectivity index (χ0v) is 18.6. The fourth-order valence-corrected chi connectivity index (χ4v) is 5.38. The number of ketones is 2. The molecule has 0 N–H and O–H groups in total. The molecule has 0 bridgehead atoms. The number of furan rings is 1. The van der Waals surface area contributed by atoms with Crippen LogP contribution in [0.15, 0.2) is 76.7 Å². The summed E-state index contributed by atoms with van der Waals surface area (Å²) in [5.41, 5.74) is 2.42. The molecule has 0 amide bonds. The summed E-state index contributed by atoms with van der Waals surface area (Å²) in [5, 5.41) is 2.77. The second-order valence-corrected chi connectivity index (χ2v) is 9.47. The maximum absolute atomic E-state index is 12.8. The molecule has 1 aliphatic carbocycles. The lowest BCUT2D eigenvalue weighted by Crippen LogP contribution is -1.99. The Hall–Kier alpha value is -3.18. The SMILES string of the molecule is O=C1C(=Cc2cc3oc(-c4cccc5ccccc45)cc3s2)C(=O)c2cc(Cl)c(Cl)cc21. The quantitative estimate of drug-likeness (QED) is 0.192. The van der Waals surface area contributed by atoms with Crippen molar-refractivity contribution in [3.05, 3.63) is 98.4 Å². The van der Waals surface area contributed by atoms with Gasteiger partial charge in [-0.25, -0.2) is 0 Å². The first-order chi connectivity index (χ1) is 15.5. The van der Waals surface area contributed by atoms with E-state index in [0.717, 1.165) is 31.7 Å². The number of benzene rings is 3. The van der Waals surface area contributed by atoms with E-state index in [9.17, 15) is 9.59 Å². The number of hydrogen-bond acceptors (Lipinski definition) is 4. The molecule has 2 heterocycles. The molecule has 0 aliphatic heterocycles. The Morgan fingerprint density at radius 2 is 1.47 bits per heavy atom. The van der Waals surface area contributed by atoms with Gasteiger partial charge >= 0.3 is 0 Å². The highest BCUT2D eigenvalue weighted by Gasteiger charge is 2.34. The number of rotatable bonds is 2. The van der Waals surface area contributed by atoms with Crippen molar-refractivity contribution in [3.63, 3.8) is 0 Å². The van der Waals surface area contributed by atoms with Crippen LogP contribution in [0, 0.1) is 0 Å². The van der Waals surface area contributed by atoms with Crippen LogP contribution in [0.3, 0.4) is 0 Å². The van der Waals surface area contributed by atoms with Gasteiger partial charge in [0.05, 0.1) is 20.3 Å². The minimum absolute atomic E-state index is 0.108. The monoisotopic (exact) mass is 474 g/mol. The van der Waals surface area contributed by atoms with Crippen LogP contribution in [-0.2, 0) is 0 Å². The van der Waals surface area contributed by atoms with Crippen molar-refractivity contribution in [1.29, 1.82) is 0 Å². The first kappa shape index (κ1) is 19.5. The van der Waals surface area contributed by atoms with Gasteiger partial charge in [-0.3, -0.25) is 9.59 Å². The summed E-state index contributed by atoms with van der Waals surface area (Å²) in [6.07, 6.45) is 1.62. The summed E-state index contributed by atoms with van der Waals surface area (Å²) in [6.45, 7) is 0. The Balaban J connectivity index is 1.39. The number of hydrogen-bond donors (Lipinski definition) is 0. The predicted molar refractivity (Wildman–Crippen MR) is 130 cm³/mol. The Bertz CT molecular complexity index is 1560. The molecular formula is C26H12Cl2O3S. The minimum Gasteiger partial charge on any atom is -0.455 e. The van der Waals surface area contributed by atoms with Crippen LogP contribution in [0.4, 0.5) is 0 Å². The van der Waals surface area contributed by atoms with Crippen LogP contribution in [0.25, 0.3) is 38.5 Å². The van der Waals surface area contributed by atoms with E-state index < -0.39 is 0 Å². The van der Waals surface area contributed by atoms with Crippen molar-refractivity contribution in [2.24, 2.45) is 0 Å². The Morgan fingerprint density at radius 1 is 0.781 bits per heavy atom. The van der Waals surface area contributed by atoms with Gasteiger partial charge in [-0.05, 0) is 35.0 Å². The highest BCUT2D eigenvalue weighted by molar-refractivity contribution is 7.19. The predicted octanol–water partition coefficient (Wildman–Crippen LogP) is 8.08. The third kappa shape index (κ3) is 2.95. The van der Waals surface area contributed by atoms with Gasteiger partial charge in [-0.2, -0.15) is 0 Å². The van der Waals surface area contributed by atoms with E-state index in [1.807, 2.05) is 36.4 Å². The molecule has 6 rings (SSSR count). The molecule has 0 saturated heterocycles. The van der Waals surface area contributed by atoms with E-state index in [-0.39, 0.29) is 38.3 Å². The van der Waals surface area contributed by atoms with Crippen LogP contribution in [0.1, 0.15) is 25.6 Å². The van der Waals surface area contributed by atoms with Gasteiger partial charge in [0.15, 0.2) is 11.6 Å². The molecule has 2 aromatic heterocycles. The van der Waals surface area contributed by atoms with E-state index in [2.05, 4.69) is 18.2 Å². The molecule has 1 aliphatic rings. The number of allylic oxidation sites excluding steroid dienone is 1. The number of carbonyl (C=O) groups is 2. The average molecular weight is 475 g/mol. The standard InChI is InChI=1S/C26H12Cl2O3S/c27-20-10-17-18(11-21(20)28)26(30)19(25(17)29)8-14-9-23-24(32-14)12-22(31-23)16-7-3-5-13-4-1-2-6-15(13)16/h1-12H. The lowest BCUT2D eigenvalue weighted by molar-refractivity contribution is 0.0990. The Morgan fingerprint density at radius 3 is 2.19 bits per heavy atom. The van der Waals surface area contributed by atoms with Crippen molar-refractivity contribution < 1.29 is 14.0 Å². The van der Waals surface area contributed by atoms with Crippen LogP contribution < -0.4 is 0 Å². The first-order valence-corrected chi connectivity index (χ1v) is 11.4. The summed E-state index contributed by atoms with van der Waals surface area (Å²) in [6, 6.07) is 21.0. The third-order valence-corrected chi connectivity index (χ3v) is 7.34. The molecule has 0 fully saturated rings. The van der Waals surface area contributed by atoms with Crippen molar-refractivity contribution >= 4 is 73.2 Å². The van der Waals surface area contributed by atoms with Gasteiger partial charge in [0.2, 0.25) is 0 Å². The maximum atomic E-state index is 12.8. The second-order valence-electron chi connectivity index (χ2n) is 7.54. The fourth-order valence-electron chi connectivity index (χ4n) is 4.09. The Kier molecular flexibility index (Phi) is 4.37. The van der Waals surface area contributed by atoms with Crippen molar-refractivity contribution in [1.82, 2.24) is 0 Å². The molecule has 3 nitrogen and oxygen atoms in total. The summed E-state index contributed by atoms with van der Waals surface area (Å²) in [7, 11) is 0. The molecule has 5 aromatic rings. The molecule has 0 spiro atoms. The van der Waals surface area contributed by atoms with Crippen molar-refractivity contribution in [2.75, 3.05) is 0 Å². The lowest BCUT2D eigenvalue weighted by atomic mass is 10.0. The van der Waals surface area contributed by atoms with Gasteiger partial charge in [-0.1, -0.05) is 65.7 Å². The largest absolute Gasteiger partial charge is 0.455 e. The number of Topliss-reactive ketones (excluding diaryl/α,β-unsaturated/α-hetero) is 2. The van der Waals surface area contributed by atoms with Crippen molar-refractivity contribution in [2.45, 2.75) is 0 Å². The zero-order valence-electron chi connectivity index (χ0n) is 16.3. The van der Waals surface area contributed by atoms with Crippen LogP contribution >= 0.6 is 34.5 Å². The molecule has 154 valence electrons. The van der Waals surface area contributed by atoms with Gasteiger partial charge in [-0.15, -0.1) is 11.3 Å². The van der Waals surface area contributed by atoms with Gasteiger partial charge < -0.3 is 4.42 Å². The molecule has 0 unspecified atom stereocenters. The summed E-state index contributed by atoms with van der Waals surface area (Å²) in [5.74, 6) is 0.0991. The molecule has 0 atom stereocenters. The third-order valence-electron chi connectivity index (χ3n) is 5.61. The molecule has 32 heavy (non-hydrogen) atoms. The van der Waals surface area contributed by atoms with E-state index >= 15 is 0 Å². The van der Waals surface area contributed by atoms with Gasteiger partial charge in [0.25, 0.3) is 0 Å². The summed E-state index contributed by atoms with van der Waals surface area (Å²) >= 11 is 13.5. The normalized spacial score (nSPS) is 13.4. The van der Waals surface area contributed by atoms with Crippen molar-refractivity contribution in [3.8, 4) is 11.3 Å².